The van der Waals surface area contributed by atoms with Crippen LogP contribution in [0.3, 0.4) is 0 Å². The second-order valence-electron chi connectivity index (χ2n) is 4.59. The number of Topliss-reactive ketones (excluding diaryl/α,β-unsaturated/α-hetero) is 1. The molecule has 1 N–H and O–H groups in total. The van der Waals surface area contributed by atoms with Crippen LogP contribution in [-0.2, 0) is 4.79 Å². The van der Waals surface area contributed by atoms with Gasteiger partial charge in [-0.25, -0.2) is 0 Å². The van der Waals surface area contributed by atoms with Gasteiger partial charge in [0, 0.05) is 11.3 Å². The largest absolute Gasteiger partial charge is 0.386 e. The molecule has 0 aliphatic heterocycles. The van der Waals surface area contributed by atoms with Crippen LogP contribution in [0.25, 0.3) is 0 Å². The van der Waals surface area contributed by atoms with Gasteiger partial charge in [-0.2, -0.15) is 8.78 Å². The summed E-state index contributed by atoms with van der Waals surface area (Å²) in [5.74, 6) is -7.28. The average molecular weight is 289 g/mol. The molecular weight excluding hydrogens is 276 g/mol. The second-order valence-corrected chi connectivity index (χ2v) is 4.59. The molecule has 1 amide bonds. The lowest BCUT2D eigenvalue weighted by Crippen LogP contribution is -2.42. The summed E-state index contributed by atoms with van der Waals surface area (Å²) >= 11 is 0. The molecule has 0 fully saturated rings. The maximum atomic E-state index is 13.9. The fraction of sp³-hybridized carbons (Fsp3) is 0.125. The van der Waals surface area contributed by atoms with Crippen molar-refractivity contribution in [2.45, 2.75) is 12.8 Å². The van der Waals surface area contributed by atoms with Gasteiger partial charge in [0.05, 0.1) is 0 Å². The molecule has 0 saturated heterocycles. The molecule has 21 heavy (non-hydrogen) atoms. The van der Waals surface area contributed by atoms with Crippen molar-refractivity contribution in [1.29, 1.82) is 0 Å². The Labute approximate surface area is 120 Å². The Balaban J connectivity index is 2.17. The minimum atomic E-state index is -4.12. The monoisotopic (exact) mass is 289 g/mol. The number of carbonyl (C=O) groups is 2. The second kappa shape index (κ2) is 5.83. The number of nitrogens with one attached hydrogen (secondary N) is 1. The summed E-state index contributed by atoms with van der Waals surface area (Å²) in [4.78, 5) is 23.4. The molecule has 0 radical (unpaired) electrons. The minimum absolute atomic E-state index is 0.207. The van der Waals surface area contributed by atoms with Gasteiger partial charge >= 0.3 is 11.8 Å². The number of benzene rings is 2. The van der Waals surface area contributed by atoms with E-state index in [0.717, 1.165) is 5.56 Å². The molecule has 0 aliphatic carbocycles. The van der Waals surface area contributed by atoms with Gasteiger partial charge in [0.2, 0.25) is 5.78 Å². The summed E-state index contributed by atoms with van der Waals surface area (Å²) in [5.41, 5.74) is 0.938. The number of anilines is 1. The summed E-state index contributed by atoms with van der Waals surface area (Å²) in [6.45, 7) is 1.83. The predicted molar refractivity (Wildman–Crippen MR) is 75.5 cm³/mol. The van der Waals surface area contributed by atoms with Crippen molar-refractivity contribution >= 4 is 17.4 Å². The Morgan fingerprint density at radius 2 is 1.52 bits per heavy atom. The van der Waals surface area contributed by atoms with Crippen molar-refractivity contribution in [3.05, 3.63) is 65.7 Å². The van der Waals surface area contributed by atoms with Crippen LogP contribution in [0.15, 0.2) is 54.6 Å². The van der Waals surface area contributed by atoms with Gasteiger partial charge in [-0.1, -0.05) is 48.0 Å². The van der Waals surface area contributed by atoms with E-state index in [1.807, 2.05) is 6.92 Å². The van der Waals surface area contributed by atoms with Gasteiger partial charge in [0.15, 0.2) is 0 Å². The first-order chi connectivity index (χ1) is 9.91. The molecule has 0 bridgehead atoms. The van der Waals surface area contributed by atoms with Crippen molar-refractivity contribution in [1.82, 2.24) is 0 Å². The summed E-state index contributed by atoms with van der Waals surface area (Å²) in [5, 5.41) is 2.05. The Morgan fingerprint density at radius 3 is 2.10 bits per heavy atom. The molecule has 0 spiro atoms. The SMILES string of the molecule is Cc1ccc(NC(=O)C(F)(F)C(=O)c2ccccc2)cc1. The summed E-state index contributed by atoms with van der Waals surface area (Å²) in [6.07, 6.45) is 0. The maximum absolute atomic E-state index is 13.9. The standard InChI is InChI=1S/C16H13F2NO2/c1-11-7-9-13(10-8-11)19-15(21)16(17,18)14(20)12-5-3-2-4-6-12/h2-10H,1H3,(H,19,21). The third-order valence-electron chi connectivity index (χ3n) is 2.92. The highest BCUT2D eigenvalue weighted by Crippen LogP contribution is 2.22. The number of hydrogen-bond acceptors (Lipinski definition) is 2. The van der Waals surface area contributed by atoms with Crippen LogP contribution >= 0.6 is 0 Å². The lowest BCUT2D eigenvalue weighted by Gasteiger charge is -2.15. The number of aryl methyl sites for hydroxylation is 1. The molecule has 0 atom stereocenters. The fourth-order valence-corrected chi connectivity index (χ4v) is 1.72. The summed E-state index contributed by atoms with van der Waals surface area (Å²) < 4.78 is 27.8. The van der Waals surface area contributed by atoms with E-state index in [1.165, 1.54) is 36.4 Å². The van der Waals surface area contributed by atoms with Crippen LogP contribution in [-0.4, -0.2) is 17.6 Å². The quantitative estimate of drug-likeness (QED) is 0.692. The van der Waals surface area contributed by atoms with Crippen molar-refractivity contribution in [3.8, 4) is 0 Å². The van der Waals surface area contributed by atoms with Gasteiger partial charge < -0.3 is 5.32 Å². The normalized spacial score (nSPS) is 11.0. The van der Waals surface area contributed by atoms with E-state index in [4.69, 9.17) is 0 Å². The molecule has 2 aromatic carbocycles. The minimum Gasteiger partial charge on any atom is -0.320 e. The number of carbonyl (C=O) groups excluding carboxylic acids is 2. The predicted octanol–water partition coefficient (Wildman–Crippen LogP) is 3.45. The molecule has 2 rings (SSSR count). The smallest absolute Gasteiger partial charge is 0.320 e. The lowest BCUT2D eigenvalue weighted by molar-refractivity contribution is -0.133. The van der Waals surface area contributed by atoms with Crippen molar-refractivity contribution in [2.75, 3.05) is 5.32 Å². The molecular formula is C16H13F2NO2. The molecule has 0 aliphatic rings. The highest BCUT2D eigenvalue weighted by molar-refractivity contribution is 6.18. The number of halogens is 2. The number of alkyl halides is 2. The molecule has 5 heteroatoms. The third kappa shape index (κ3) is 3.31. The van der Waals surface area contributed by atoms with E-state index in [0.29, 0.717) is 0 Å². The zero-order valence-corrected chi connectivity index (χ0v) is 11.3. The van der Waals surface area contributed by atoms with Crippen LogP contribution in [0.4, 0.5) is 14.5 Å². The zero-order chi connectivity index (χ0) is 15.5. The van der Waals surface area contributed by atoms with Crippen molar-refractivity contribution < 1.29 is 18.4 Å². The number of amides is 1. The van der Waals surface area contributed by atoms with Gasteiger partial charge in [-0.15, -0.1) is 0 Å². The van der Waals surface area contributed by atoms with E-state index in [-0.39, 0.29) is 11.3 Å². The Morgan fingerprint density at radius 1 is 0.952 bits per heavy atom. The van der Waals surface area contributed by atoms with Crippen LogP contribution in [0, 0.1) is 6.92 Å². The number of ketones is 1. The van der Waals surface area contributed by atoms with Crippen molar-refractivity contribution in [2.24, 2.45) is 0 Å². The van der Waals surface area contributed by atoms with Crippen LogP contribution in [0.2, 0.25) is 0 Å². The highest BCUT2D eigenvalue weighted by Gasteiger charge is 2.47. The average Bonchev–Trinajstić information content (AvgIpc) is 2.49. The number of rotatable bonds is 4. The van der Waals surface area contributed by atoms with Gasteiger partial charge in [0.1, 0.15) is 0 Å². The van der Waals surface area contributed by atoms with E-state index < -0.39 is 17.6 Å². The van der Waals surface area contributed by atoms with Gasteiger partial charge in [-0.05, 0) is 19.1 Å². The molecule has 0 aromatic heterocycles. The Hall–Kier alpha value is -2.56. The maximum Gasteiger partial charge on any atom is 0.386 e. The molecule has 2 aromatic rings. The van der Waals surface area contributed by atoms with Crippen molar-refractivity contribution in [3.63, 3.8) is 0 Å². The topological polar surface area (TPSA) is 46.2 Å². The molecule has 108 valence electrons. The van der Waals surface area contributed by atoms with E-state index in [2.05, 4.69) is 5.32 Å². The first-order valence-electron chi connectivity index (χ1n) is 6.27. The first kappa shape index (κ1) is 14.8. The lowest BCUT2D eigenvalue weighted by atomic mass is 10.0. The van der Waals surface area contributed by atoms with Crippen LogP contribution in [0.5, 0.6) is 0 Å². The first-order valence-corrected chi connectivity index (χ1v) is 6.27. The molecule has 0 heterocycles. The number of hydrogen-bond donors (Lipinski definition) is 1. The molecule has 0 saturated carbocycles. The van der Waals surface area contributed by atoms with Crippen LogP contribution in [0.1, 0.15) is 15.9 Å². The van der Waals surface area contributed by atoms with Crippen LogP contribution < -0.4 is 5.32 Å². The van der Waals surface area contributed by atoms with Gasteiger partial charge in [-0.3, -0.25) is 9.59 Å². The Bertz CT molecular complexity index is 652. The summed E-state index contributed by atoms with van der Waals surface area (Å²) in [7, 11) is 0. The van der Waals surface area contributed by atoms with Gasteiger partial charge in [0.25, 0.3) is 0 Å². The third-order valence-corrected chi connectivity index (χ3v) is 2.92. The Kier molecular flexibility index (Phi) is 4.12. The highest BCUT2D eigenvalue weighted by atomic mass is 19.3. The molecule has 0 unspecified atom stereocenters. The fourth-order valence-electron chi connectivity index (χ4n) is 1.72. The van der Waals surface area contributed by atoms with E-state index >= 15 is 0 Å². The zero-order valence-electron chi connectivity index (χ0n) is 11.3. The summed E-state index contributed by atoms with van der Waals surface area (Å²) in [6, 6.07) is 13.3. The van der Waals surface area contributed by atoms with E-state index in [1.54, 1.807) is 18.2 Å². The van der Waals surface area contributed by atoms with E-state index in [9.17, 15) is 18.4 Å². The molecule has 3 nitrogen and oxygen atoms in total.